The molecule has 114 valence electrons. The molecule has 0 saturated carbocycles. The number of carbonyl (C=O) groups is 1. The zero-order valence-electron chi connectivity index (χ0n) is 13.6. The third-order valence-corrected chi connectivity index (χ3v) is 3.25. The molecule has 0 radical (unpaired) electrons. The van der Waals surface area contributed by atoms with E-state index < -0.39 is 0 Å². The van der Waals surface area contributed by atoms with Crippen LogP contribution in [-0.4, -0.2) is 15.5 Å². The van der Waals surface area contributed by atoms with E-state index in [9.17, 15) is 4.79 Å². The second-order valence-electron chi connectivity index (χ2n) is 5.71. The van der Waals surface area contributed by atoms with Crippen molar-refractivity contribution < 1.29 is 4.79 Å². The van der Waals surface area contributed by atoms with E-state index in [2.05, 4.69) is 37.9 Å². The lowest BCUT2D eigenvalue weighted by Gasteiger charge is -2.01. The summed E-state index contributed by atoms with van der Waals surface area (Å²) in [6, 6.07) is 0. The fourth-order valence-corrected chi connectivity index (χ4v) is 1.98. The van der Waals surface area contributed by atoms with Crippen molar-refractivity contribution in [2.45, 2.75) is 53.4 Å². The van der Waals surface area contributed by atoms with Crippen LogP contribution in [0.1, 0.15) is 58.2 Å². The van der Waals surface area contributed by atoms with Gasteiger partial charge in [-0.1, -0.05) is 28.9 Å². The lowest BCUT2D eigenvalue weighted by molar-refractivity contribution is 0.0967. The molecule has 0 aliphatic carbocycles. The zero-order valence-corrected chi connectivity index (χ0v) is 13.6. The van der Waals surface area contributed by atoms with Gasteiger partial charge in [0.25, 0.3) is 5.91 Å². The Morgan fingerprint density at radius 2 is 1.71 bits per heavy atom. The number of aromatic nitrogens is 2. The van der Waals surface area contributed by atoms with E-state index in [1.54, 1.807) is 18.5 Å². The second kappa shape index (κ2) is 9.11. The number of imidazole rings is 1. The van der Waals surface area contributed by atoms with Crippen molar-refractivity contribution in [3.05, 3.63) is 53.7 Å². The topological polar surface area (TPSA) is 34.9 Å². The van der Waals surface area contributed by atoms with Crippen LogP contribution in [0.4, 0.5) is 0 Å². The molecular formula is C18H26N2O. The molecule has 0 unspecified atom stereocenters. The number of hydrogen-bond acceptors (Lipinski definition) is 2. The summed E-state index contributed by atoms with van der Waals surface area (Å²) in [5.74, 6) is -0.0331. The van der Waals surface area contributed by atoms with E-state index >= 15 is 0 Å². The standard InChI is InChI=1S/C18H26N2O/c1-15(2)7-5-8-16(3)9-6-10-17(4)13-18(21)20-12-11-19-14-20/h7,9,11-14H,5-6,8,10H2,1-4H3. The van der Waals surface area contributed by atoms with Gasteiger partial charge in [0.15, 0.2) is 0 Å². The van der Waals surface area contributed by atoms with Gasteiger partial charge in [-0.3, -0.25) is 9.36 Å². The highest BCUT2D eigenvalue weighted by Crippen LogP contribution is 2.11. The highest BCUT2D eigenvalue weighted by atomic mass is 16.1. The van der Waals surface area contributed by atoms with Crippen LogP contribution in [0.2, 0.25) is 0 Å². The van der Waals surface area contributed by atoms with Gasteiger partial charge in [0.05, 0.1) is 0 Å². The molecule has 0 N–H and O–H groups in total. The third kappa shape index (κ3) is 7.45. The molecule has 0 aliphatic heterocycles. The molecule has 0 spiro atoms. The fraction of sp³-hybridized carbons (Fsp3) is 0.444. The first-order valence-electron chi connectivity index (χ1n) is 7.47. The van der Waals surface area contributed by atoms with E-state index in [0.717, 1.165) is 31.3 Å². The van der Waals surface area contributed by atoms with Crippen molar-refractivity contribution in [1.82, 2.24) is 9.55 Å². The Labute approximate surface area is 128 Å². The van der Waals surface area contributed by atoms with Crippen molar-refractivity contribution in [2.24, 2.45) is 0 Å². The Morgan fingerprint density at radius 1 is 1.05 bits per heavy atom. The summed E-state index contributed by atoms with van der Waals surface area (Å²) < 4.78 is 1.49. The van der Waals surface area contributed by atoms with Gasteiger partial charge in [-0.05, 0) is 53.4 Å². The highest BCUT2D eigenvalue weighted by Gasteiger charge is 2.00. The Bertz CT molecular complexity index is 530. The minimum atomic E-state index is -0.0331. The van der Waals surface area contributed by atoms with Crippen LogP contribution in [0, 0.1) is 0 Å². The van der Waals surface area contributed by atoms with Crippen molar-refractivity contribution in [3.8, 4) is 0 Å². The van der Waals surface area contributed by atoms with Gasteiger partial charge in [0, 0.05) is 18.5 Å². The van der Waals surface area contributed by atoms with Crippen LogP contribution >= 0.6 is 0 Å². The lowest BCUT2D eigenvalue weighted by atomic mass is 10.1. The predicted molar refractivity (Wildman–Crippen MR) is 88.3 cm³/mol. The number of hydrogen-bond donors (Lipinski definition) is 0. The average molecular weight is 286 g/mol. The Kier molecular flexibility index (Phi) is 7.44. The molecule has 3 heteroatoms. The zero-order chi connectivity index (χ0) is 15.7. The molecule has 1 aromatic heterocycles. The minimum absolute atomic E-state index is 0.0331. The number of rotatable bonds is 7. The van der Waals surface area contributed by atoms with Crippen molar-refractivity contribution in [3.63, 3.8) is 0 Å². The summed E-state index contributed by atoms with van der Waals surface area (Å²) >= 11 is 0. The van der Waals surface area contributed by atoms with Gasteiger partial charge < -0.3 is 0 Å². The first kappa shape index (κ1) is 17.2. The fourth-order valence-electron chi connectivity index (χ4n) is 1.98. The monoisotopic (exact) mass is 286 g/mol. The maximum absolute atomic E-state index is 11.8. The van der Waals surface area contributed by atoms with Gasteiger partial charge >= 0.3 is 0 Å². The summed E-state index contributed by atoms with van der Waals surface area (Å²) in [7, 11) is 0. The summed E-state index contributed by atoms with van der Waals surface area (Å²) in [4.78, 5) is 15.7. The first-order chi connectivity index (χ1) is 9.99. The molecule has 3 nitrogen and oxygen atoms in total. The van der Waals surface area contributed by atoms with Crippen molar-refractivity contribution >= 4 is 5.91 Å². The first-order valence-corrected chi connectivity index (χ1v) is 7.47. The van der Waals surface area contributed by atoms with Gasteiger partial charge in [0.1, 0.15) is 6.33 Å². The lowest BCUT2D eigenvalue weighted by Crippen LogP contribution is -2.04. The number of nitrogens with zero attached hydrogens (tertiary/aromatic N) is 2. The Balaban J connectivity index is 2.37. The van der Waals surface area contributed by atoms with E-state index in [4.69, 9.17) is 0 Å². The summed E-state index contributed by atoms with van der Waals surface area (Å²) in [5.41, 5.74) is 3.89. The molecule has 0 atom stereocenters. The summed E-state index contributed by atoms with van der Waals surface area (Å²) in [6.45, 7) is 8.44. The highest BCUT2D eigenvalue weighted by molar-refractivity contribution is 5.90. The molecule has 1 heterocycles. The third-order valence-electron chi connectivity index (χ3n) is 3.25. The van der Waals surface area contributed by atoms with Crippen LogP contribution in [0.25, 0.3) is 0 Å². The summed E-state index contributed by atoms with van der Waals surface area (Å²) in [5, 5.41) is 0. The second-order valence-corrected chi connectivity index (χ2v) is 5.71. The van der Waals surface area contributed by atoms with Gasteiger partial charge in [-0.2, -0.15) is 0 Å². The quantitative estimate of drug-likeness (QED) is 0.525. The van der Waals surface area contributed by atoms with Crippen LogP contribution in [-0.2, 0) is 0 Å². The molecule has 1 aromatic rings. The molecular weight excluding hydrogens is 260 g/mol. The van der Waals surface area contributed by atoms with E-state index in [-0.39, 0.29) is 5.91 Å². The van der Waals surface area contributed by atoms with Gasteiger partial charge in [-0.15, -0.1) is 0 Å². The van der Waals surface area contributed by atoms with Crippen LogP contribution in [0.15, 0.2) is 53.7 Å². The van der Waals surface area contributed by atoms with E-state index in [0.29, 0.717) is 0 Å². The Hall–Kier alpha value is -1.90. The van der Waals surface area contributed by atoms with Crippen LogP contribution < -0.4 is 0 Å². The van der Waals surface area contributed by atoms with Crippen LogP contribution in [0.3, 0.4) is 0 Å². The average Bonchev–Trinajstić information content (AvgIpc) is 2.92. The SMILES string of the molecule is CC(C)=CCCC(C)=CCCC(C)=CC(=O)n1ccnc1. The molecule has 0 aromatic carbocycles. The maximum Gasteiger partial charge on any atom is 0.255 e. The molecule has 1 rings (SSSR count). The predicted octanol–water partition coefficient (Wildman–Crippen LogP) is 4.94. The van der Waals surface area contributed by atoms with E-state index in [1.807, 2.05) is 6.92 Å². The molecule has 0 amide bonds. The smallest absolute Gasteiger partial charge is 0.255 e. The Morgan fingerprint density at radius 3 is 2.33 bits per heavy atom. The number of carbonyl (C=O) groups excluding carboxylic acids is 1. The molecule has 0 saturated heterocycles. The minimum Gasteiger partial charge on any atom is -0.273 e. The van der Waals surface area contributed by atoms with Crippen molar-refractivity contribution in [2.75, 3.05) is 0 Å². The van der Waals surface area contributed by atoms with Gasteiger partial charge in [-0.25, -0.2) is 4.98 Å². The number of allylic oxidation sites excluding steroid dienone is 6. The maximum atomic E-state index is 11.8. The largest absolute Gasteiger partial charge is 0.273 e. The normalized spacial score (nSPS) is 12.4. The van der Waals surface area contributed by atoms with E-state index in [1.165, 1.54) is 22.0 Å². The molecule has 21 heavy (non-hydrogen) atoms. The van der Waals surface area contributed by atoms with Crippen LogP contribution in [0.5, 0.6) is 0 Å². The molecule has 0 bridgehead atoms. The van der Waals surface area contributed by atoms with Gasteiger partial charge in [0.2, 0.25) is 0 Å². The summed E-state index contributed by atoms with van der Waals surface area (Å²) in [6.07, 6.45) is 15.2. The molecule has 0 aliphatic rings. The molecule has 0 fully saturated rings. The van der Waals surface area contributed by atoms with Crippen molar-refractivity contribution in [1.29, 1.82) is 0 Å².